The molecule has 0 spiro atoms. The van der Waals surface area contributed by atoms with E-state index in [1.165, 1.54) is 11.3 Å². The summed E-state index contributed by atoms with van der Waals surface area (Å²) in [6.07, 6.45) is 1.20. The fourth-order valence-corrected chi connectivity index (χ4v) is 7.27. The van der Waals surface area contributed by atoms with E-state index in [-0.39, 0.29) is 17.4 Å². The number of anilines is 1. The number of ether oxygens (including phenoxy) is 1. The summed E-state index contributed by atoms with van der Waals surface area (Å²) in [5.74, 6) is 0.0323. The molecule has 210 valence electrons. The maximum atomic E-state index is 11.7. The fraction of sp³-hybridized carbons (Fsp3) is 0.414. The van der Waals surface area contributed by atoms with Crippen LogP contribution < -0.4 is 9.64 Å². The number of nitrogens with zero attached hydrogens (tertiary/aromatic N) is 4. The van der Waals surface area contributed by atoms with Crippen LogP contribution in [0.15, 0.2) is 41.8 Å². The van der Waals surface area contributed by atoms with E-state index in [0.717, 1.165) is 39.6 Å². The summed E-state index contributed by atoms with van der Waals surface area (Å²) in [6.45, 7) is 5.54. The molecule has 2 aliphatic heterocycles. The van der Waals surface area contributed by atoms with Gasteiger partial charge in [0.25, 0.3) is 0 Å². The standard InChI is InChI=1S/C29H32N4O5S2/c1-20-14-22(17-32-10-12-40(36,37)13-11-32)2-4-24(20)18-38-27-5-3-21(16-30)15-25(27)26-19-39-29(31-26)33-8-6-23(7-9-33)28(34)35/h2-5,14-15,19,23H,6-13,17-18H2,1H3,(H,34,35). The number of sulfone groups is 1. The molecule has 0 saturated carbocycles. The van der Waals surface area contributed by atoms with Crippen LogP contribution in [0.1, 0.15) is 35.1 Å². The van der Waals surface area contributed by atoms with Crippen molar-refractivity contribution in [2.75, 3.05) is 42.6 Å². The highest BCUT2D eigenvalue weighted by molar-refractivity contribution is 7.91. The number of aromatic nitrogens is 1. The molecule has 0 bridgehead atoms. The number of benzene rings is 2. The van der Waals surface area contributed by atoms with Crippen LogP contribution in [0.5, 0.6) is 5.75 Å². The van der Waals surface area contributed by atoms with Crippen LogP contribution in [0.25, 0.3) is 11.3 Å². The second kappa shape index (κ2) is 12.0. The third-order valence-corrected chi connectivity index (χ3v) is 10.1. The van der Waals surface area contributed by atoms with Crippen molar-refractivity contribution in [3.05, 3.63) is 64.0 Å². The van der Waals surface area contributed by atoms with E-state index < -0.39 is 15.8 Å². The second-order valence-electron chi connectivity index (χ2n) is 10.4. The Labute approximate surface area is 238 Å². The Hall–Kier alpha value is -3.46. The average Bonchev–Trinajstić information content (AvgIpc) is 3.44. The van der Waals surface area contributed by atoms with E-state index in [4.69, 9.17) is 9.72 Å². The zero-order valence-electron chi connectivity index (χ0n) is 22.4. The number of carbonyl (C=O) groups is 1. The van der Waals surface area contributed by atoms with Crippen molar-refractivity contribution in [3.63, 3.8) is 0 Å². The molecule has 1 aromatic heterocycles. The number of aliphatic carboxylic acids is 1. The zero-order chi connectivity index (χ0) is 28.3. The molecule has 5 rings (SSSR count). The third kappa shape index (κ3) is 6.63. The van der Waals surface area contributed by atoms with Crippen LogP contribution in [0, 0.1) is 24.2 Å². The van der Waals surface area contributed by atoms with Gasteiger partial charge in [0.2, 0.25) is 0 Å². The molecule has 2 saturated heterocycles. The lowest BCUT2D eigenvalue weighted by molar-refractivity contribution is -0.142. The van der Waals surface area contributed by atoms with Gasteiger partial charge < -0.3 is 14.7 Å². The van der Waals surface area contributed by atoms with Crippen LogP contribution >= 0.6 is 11.3 Å². The molecule has 0 aliphatic carbocycles. The smallest absolute Gasteiger partial charge is 0.306 e. The van der Waals surface area contributed by atoms with Crippen LogP contribution in [0.4, 0.5) is 5.13 Å². The Bertz CT molecular complexity index is 1520. The van der Waals surface area contributed by atoms with E-state index in [2.05, 4.69) is 34.1 Å². The summed E-state index contributed by atoms with van der Waals surface area (Å²) in [6, 6.07) is 13.8. The molecule has 0 atom stereocenters. The van der Waals surface area contributed by atoms with Gasteiger partial charge in [0.05, 0.1) is 34.8 Å². The number of nitriles is 1. The predicted octanol–water partition coefficient (Wildman–Crippen LogP) is 4.10. The van der Waals surface area contributed by atoms with E-state index in [9.17, 15) is 23.6 Å². The van der Waals surface area contributed by atoms with Crippen LogP contribution in [0.2, 0.25) is 0 Å². The number of piperidine rings is 1. The monoisotopic (exact) mass is 580 g/mol. The number of rotatable bonds is 8. The largest absolute Gasteiger partial charge is 0.488 e. The van der Waals surface area contributed by atoms with Gasteiger partial charge >= 0.3 is 5.97 Å². The normalized spacial score (nSPS) is 17.9. The van der Waals surface area contributed by atoms with Crippen LogP contribution in [-0.2, 0) is 27.8 Å². The molecule has 9 nitrogen and oxygen atoms in total. The van der Waals surface area contributed by atoms with Gasteiger partial charge in [-0.05, 0) is 54.7 Å². The van der Waals surface area contributed by atoms with Gasteiger partial charge in [-0.25, -0.2) is 13.4 Å². The molecule has 0 unspecified atom stereocenters. The quantitative estimate of drug-likeness (QED) is 0.419. The number of aryl methyl sites for hydroxylation is 1. The van der Waals surface area contributed by atoms with Gasteiger partial charge in [0.1, 0.15) is 12.4 Å². The number of carboxylic acids is 1. The third-order valence-electron chi connectivity index (χ3n) is 7.62. The summed E-state index contributed by atoms with van der Waals surface area (Å²) in [7, 11) is -2.90. The first-order valence-corrected chi connectivity index (χ1v) is 16.0. The first-order valence-electron chi connectivity index (χ1n) is 13.3. The topological polar surface area (TPSA) is 124 Å². The average molecular weight is 581 g/mol. The van der Waals surface area contributed by atoms with Crippen molar-refractivity contribution < 1.29 is 23.1 Å². The Morgan fingerprint density at radius 3 is 2.58 bits per heavy atom. The van der Waals surface area contributed by atoms with Gasteiger partial charge in [0, 0.05) is 43.7 Å². The number of carboxylic acid groups (broad SMARTS) is 1. The van der Waals surface area contributed by atoms with E-state index >= 15 is 0 Å². The first kappa shape index (κ1) is 28.1. The molecule has 11 heteroatoms. The van der Waals surface area contributed by atoms with Crippen molar-refractivity contribution in [2.24, 2.45) is 5.92 Å². The van der Waals surface area contributed by atoms with Crippen molar-refractivity contribution in [1.29, 1.82) is 5.26 Å². The SMILES string of the molecule is Cc1cc(CN2CCS(=O)(=O)CC2)ccc1COc1ccc(C#N)cc1-c1csc(N2CCC(C(=O)O)CC2)n1. The minimum absolute atomic E-state index is 0.217. The summed E-state index contributed by atoms with van der Waals surface area (Å²) in [4.78, 5) is 20.4. The van der Waals surface area contributed by atoms with Crippen molar-refractivity contribution in [1.82, 2.24) is 9.88 Å². The molecule has 3 heterocycles. The fourth-order valence-electron chi connectivity index (χ4n) is 5.12. The molecule has 40 heavy (non-hydrogen) atoms. The summed E-state index contributed by atoms with van der Waals surface area (Å²) < 4.78 is 29.7. The lowest BCUT2D eigenvalue weighted by atomic mass is 9.97. The van der Waals surface area contributed by atoms with Gasteiger partial charge in [0.15, 0.2) is 15.0 Å². The molecule has 2 aromatic carbocycles. The summed E-state index contributed by atoms with van der Waals surface area (Å²) >= 11 is 1.51. The van der Waals surface area contributed by atoms with Crippen molar-refractivity contribution in [2.45, 2.75) is 32.9 Å². The van der Waals surface area contributed by atoms with E-state index in [0.29, 0.717) is 56.9 Å². The Balaban J connectivity index is 1.27. The highest BCUT2D eigenvalue weighted by Gasteiger charge is 2.26. The highest BCUT2D eigenvalue weighted by atomic mass is 32.2. The number of thiazole rings is 1. The maximum Gasteiger partial charge on any atom is 0.306 e. The minimum atomic E-state index is -2.90. The Morgan fingerprint density at radius 1 is 1.15 bits per heavy atom. The van der Waals surface area contributed by atoms with E-state index in [1.54, 1.807) is 18.2 Å². The Morgan fingerprint density at radius 2 is 1.90 bits per heavy atom. The molecule has 3 aromatic rings. The first-order chi connectivity index (χ1) is 19.2. The van der Waals surface area contributed by atoms with Gasteiger partial charge in [-0.1, -0.05) is 18.2 Å². The maximum absolute atomic E-state index is 11.7. The molecule has 1 N–H and O–H groups in total. The molecular weight excluding hydrogens is 548 g/mol. The lowest BCUT2D eigenvalue weighted by Crippen LogP contribution is -2.39. The second-order valence-corrected chi connectivity index (χ2v) is 13.6. The van der Waals surface area contributed by atoms with Gasteiger partial charge in [-0.2, -0.15) is 5.26 Å². The minimum Gasteiger partial charge on any atom is -0.488 e. The molecule has 0 amide bonds. The van der Waals surface area contributed by atoms with Crippen molar-refractivity contribution >= 4 is 32.3 Å². The van der Waals surface area contributed by atoms with Gasteiger partial charge in [-0.3, -0.25) is 9.69 Å². The molecule has 2 fully saturated rings. The van der Waals surface area contributed by atoms with Gasteiger partial charge in [-0.15, -0.1) is 11.3 Å². The lowest BCUT2D eigenvalue weighted by Gasteiger charge is -2.29. The predicted molar refractivity (Wildman–Crippen MR) is 154 cm³/mol. The summed E-state index contributed by atoms with van der Waals surface area (Å²) in [5.41, 5.74) is 5.27. The molecule has 2 aliphatic rings. The molecular formula is C29H32N4O5S2. The highest BCUT2D eigenvalue weighted by Crippen LogP contribution is 2.36. The number of hydrogen-bond acceptors (Lipinski definition) is 9. The Kier molecular flexibility index (Phi) is 8.40. The number of hydrogen-bond donors (Lipinski definition) is 1. The summed E-state index contributed by atoms with van der Waals surface area (Å²) in [5, 5.41) is 21.6. The van der Waals surface area contributed by atoms with E-state index in [1.807, 2.05) is 12.3 Å². The van der Waals surface area contributed by atoms with Crippen LogP contribution in [0.3, 0.4) is 0 Å². The molecule has 0 radical (unpaired) electrons. The zero-order valence-corrected chi connectivity index (χ0v) is 24.0. The van der Waals surface area contributed by atoms with Crippen LogP contribution in [-0.4, -0.2) is 67.1 Å². The van der Waals surface area contributed by atoms with Crippen molar-refractivity contribution in [3.8, 4) is 23.1 Å².